The first-order chi connectivity index (χ1) is 6.31. The molecule has 1 aromatic rings. The van der Waals surface area contributed by atoms with E-state index in [0.717, 1.165) is 17.5 Å². The van der Waals surface area contributed by atoms with Gasteiger partial charge in [-0.25, -0.2) is 0 Å². The highest BCUT2D eigenvalue weighted by molar-refractivity contribution is 6.18. The highest BCUT2D eigenvalue weighted by Crippen LogP contribution is 2.16. The van der Waals surface area contributed by atoms with Crippen LogP contribution in [0.15, 0.2) is 30.9 Å². The number of hydrogen-bond acceptors (Lipinski definition) is 0. The lowest BCUT2D eigenvalue weighted by molar-refractivity contribution is 1.20. The second kappa shape index (κ2) is 5.31. The largest absolute Gasteiger partial charge is 0.122 e. The molecule has 0 nitrogen and oxygen atoms in total. The van der Waals surface area contributed by atoms with E-state index < -0.39 is 0 Å². The van der Waals surface area contributed by atoms with Crippen molar-refractivity contribution >= 4 is 23.2 Å². The minimum absolute atomic E-state index is 0.521. The van der Waals surface area contributed by atoms with Crippen LogP contribution in [0.2, 0.25) is 0 Å². The fraction of sp³-hybridized carbons (Fsp3) is 0.273. The van der Waals surface area contributed by atoms with E-state index in [-0.39, 0.29) is 0 Å². The summed E-state index contributed by atoms with van der Waals surface area (Å²) in [4.78, 5) is 0. The maximum atomic E-state index is 5.80. The Bertz CT molecular complexity index is 292. The van der Waals surface area contributed by atoms with Gasteiger partial charge in [0.1, 0.15) is 0 Å². The lowest BCUT2D eigenvalue weighted by atomic mass is 10.0. The summed E-state index contributed by atoms with van der Waals surface area (Å²) in [7, 11) is 0. The summed E-state index contributed by atoms with van der Waals surface area (Å²) in [6.07, 6.45) is 2.76. The van der Waals surface area contributed by atoms with Crippen molar-refractivity contribution in [3.63, 3.8) is 0 Å². The molecular formula is C11H12Cl2. The van der Waals surface area contributed by atoms with Crippen LogP contribution in [-0.4, -0.2) is 0 Å². The van der Waals surface area contributed by atoms with Gasteiger partial charge in [-0.2, -0.15) is 0 Å². The predicted octanol–water partition coefficient (Wildman–Crippen LogP) is 3.89. The van der Waals surface area contributed by atoms with Crippen molar-refractivity contribution in [1.82, 2.24) is 0 Å². The summed E-state index contributed by atoms with van der Waals surface area (Å²) in [5, 5.41) is 0. The van der Waals surface area contributed by atoms with E-state index >= 15 is 0 Å². The molecule has 0 aliphatic rings. The van der Waals surface area contributed by atoms with Crippen LogP contribution in [0.1, 0.15) is 16.7 Å². The highest BCUT2D eigenvalue weighted by atomic mass is 35.5. The maximum Gasteiger partial charge on any atom is 0.0477 e. The van der Waals surface area contributed by atoms with Crippen LogP contribution in [0.3, 0.4) is 0 Å². The SMILES string of the molecule is C=CCc1ccc(CCl)c(CCl)c1. The van der Waals surface area contributed by atoms with Crippen molar-refractivity contribution in [2.75, 3.05) is 0 Å². The summed E-state index contributed by atoms with van der Waals surface area (Å²) in [5.74, 6) is 1.05. The quantitative estimate of drug-likeness (QED) is 0.528. The van der Waals surface area contributed by atoms with E-state index in [1.807, 2.05) is 12.1 Å². The second-order valence-electron chi connectivity index (χ2n) is 2.86. The van der Waals surface area contributed by atoms with Gasteiger partial charge in [0.05, 0.1) is 0 Å². The van der Waals surface area contributed by atoms with Crippen molar-refractivity contribution < 1.29 is 0 Å². The van der Waals surface area contributed by atoms with E-state index in [1.165, 1.54) is 5.56 Å². The molecule has 0 saturated carbocycles. The Labute approximate surface area is 89.2 Å². The summed E-state index contributed by atoms with van der Waals surface area (Å²) < 4.78 is 0. The van der Waals surface area contributed by atoms with Gasteiger partial charge in [-0.15, -0.1) is 29.8 Å². The zero-order valence-electron chi connectivity index (χ0n) is 7.39. The molecule has 0 aromatic heterocycles. The van der Waals surface area contributed by atoms with Crippen LogP contribution in [-0.2, 0) is 18.2 Å². The number of benzene rings is 1. The first-order valence-corrected chi connectivity index (χ1v) is 5.22. The van der Waals surface area contributed by atoms with Gasteiger partial charge in [-0.3, -0.25) is 0 Å². The molecular weight excluding hydrogens is 203 g/mol. The van der Waals surface area contributed by atoms with E-state index in [2.05, 4.69) is 18.7 Å². The first kappa shape index (κ1) is 10.6. The van der Waals surface area contributed by atoms with E-state index in [1.54, 1.807) is 0 Å². The molecule has 0 heterocycles. The van der Waals surface area contributed by atoms with Crippen molar-refractivity contribution in [3.8, 4) is 0 Å². The number of alkyl halides is 2. The number of halogens is 2. The zero-order chi connectivity index (χ0) is 9.68. The Morgan fingerprint density at radius 3 is 2.38 bits per heavy atom. The molecule has 0 unspecified atom stereocenters. The van der Waals surface area contributed by atoms with Crippen LogP contribution >= 0.6 is 23.2 Å². The predicted molar refractivity (Wildman–Crippen MR) is 59.5 cm³/mol. The molecule has 13 heavy (non-hydrogen) atoms. The minimum atomic E-state index is 0.521. The average Bonchev–Trinajstić information content (AvgIpc) is 2.18. The van der Waals surface area contributed by atoms with E-state index in [4.69, 9.17) is 23.2 Å². The molecule has 0 atom stereocenters. The topological polar surface area (TPSA) is 0 Å². The first-order valence-electron chi connectivity index (χ1n) is 4.15. The third kappa shape index (κ3) is 2.75. The van der Waals surface area contributed by atoms with Gasteiger partial charge in [0, 0.05) is 11.8 Å². The normalized spacial score (nSPS) is 10.0. The fourth-order valence-corrected chi connectivity index (χ4v) is 1.74. The standard InChI is InChI=1S/C11H12Cl2/c1-2-3-9-4-5-10(7-12)11(6-9)8-13/h2,4-6H,1,3,7-8H2. The Balaban J connectivity index is 2.98. The highest BCUT2D eigenvalue weighted by Gasteiger charge is 2.00. The average molecular weight is 215 g/mol. The third-order valence-electron chi connectivity index (χ3n) is 1.94. The molecule has 0 fully saturated rings. The summed E-state index contributed by atoms with van der Waals surface area (Å²) in [6.45, 7) is 3.69. The van der Waals surface area contributed by atoms with E-state index in [9.17, 15) is 0 Å². The molecule has 1 aromatic carbocycles. The molecule has 0 aliphatic heterocycles. The third-order valence-corrected chi connectivity index (χ3v) is 2.51. The van der Waals surface area contributed by atoms with Crippen molar-refractivity contribution in [1.29, 1.82) is 0 Å². The van der Waals surface area contributed by atoms with Crippen LogP contribution in [0.4, 0.5) is 0 Å². The summed E-state index contributed by atoms with van der Waals surface area (Å²) in [5.41, 5.74) is 3.47. The van der Waals surface area contributed by atoms with E-state index in [0.29, 0.717) is 11.8 Å². The minimum Gasteiger partial charge on any atom is -0.122 e. The van der Waals surface area contributed by atoms with Gasteiger partial charge in [-0.1, -0.05) is 24.3 Å². The van der Waals surface area contributed by atoms with Gasteiger partial charge in [0.2, 0.25) is 0 Å². The molecule has 70 valence electrons. The lowest BCUT2D eigenvalue weighted by Gasteiger charge is -2.05. The molecule has 0 amide bonds. The summed E-state index contributed by atoms with van der Waals surface area (Å²) >= 11 is 11.6. The molecule has 0 spiro atoms. The molecule has 0 saturated heterocycles. The fourth-order valence-electron chi connectivity index (χ4n) is 1.23. The van der Waals surface area contributed by atoms with Gasteiger partial charge < -0.3 is 0 Å². The zero-order valence-corrected chi connectivity index (χ0v) is 8.91. The number of hydrogen-bond donors (Lipinski definition) is 0. The van der Waals surface area contributed by atoms with Gasteiger partial charge >= 0.3 is 0 Å². The lowest BCUT2D eigenvalue weighted by Crippen LogP contribution is -1.91. The van der Waals surface area contributed by atoms with Gasteiger partial charge in [-0.05, 0) is 23.1 Å². The van der Waals surface area contributed by atoms with Crippen LogP contribution < -0.4 is 0 Å². The van der Waals surface area contributed by atoms with Crippen molar-refractivity contribution in [3.05, 3.63) is 47.5 Å². The smallest absolute Gasteiger partial charge is 0.0477 e. The van der Waals surface area contributed by atoms with Crippen LogP contribution in [0, 0.1) is 0 Å². The maximum absolute atomic E-state index is 5.80. The molecule has 2 heteroatoms. The Morgan fingerprint density at radius 1 is 1.15 bits per heavy atom. The van der Waals surface area contributed by atoms with Crippen LogP contribution in [0.25, 0.3) is 0 Å². The molecule has 0 N–H and O–H groups in total. The van der Waals surface area contributed by atoms with Crippen LogP contribution in [0.5, 0.6) is 0 Å². The Hall–Kier alpha value is -0.460. The Morgan fingerprint density at radius 2 is 1.85 bits per heavy atom. The van der Waals surface area contributed by atoms with Gasteiger partial charge in [0.25, 0.3) is 0 Å². The number of rotatable bonds is 4. The van der Waals surface area contributed by atoms with Crippen molar-refractivity contribution in [2.24, 2.45) is 0 Å². The summed E-state index contributed by atoms with van der Waals surface area (Å²) in [6, 6.07) is 6.19. The molecule has 0 aliphatic carbocycles. The Kier molecular flexibility index (Phi) is 4.34. The molecule has 1 rings (SSSR count). The van der Waals surface area contributed by atoms with Gasteiger partial charge in [0.15, 0.2) is 0 Å². The molecule has 0 bridgehead atoms. The second-order valence-corrected chi connectivity index (χ2v) is 3.40. The molecule has 0 radical (unpaired) electrons. The number of allylic oxidation sites excluding steroid dienone is 1. The van der Waals surface area contributed by atoms with Crippen molar-refractivity contribution in [2.45, 2.75) is 18.2 Å². The monoisotopic (exact) mass is 214 g/mol.